The van der Waals surface area contributed by atoms with Crippen LogP contribution in [-0.4, -0.2) is 60.4 Å². The lowest BCUT2D eigenvalue weighted by atomic mass is 9.74. The van der Waals surface area contributed by atoms with Crippen LogP contribution < -0.4 is 20.9 Å². The molecule has 4 aliphatic rings. The Morgan fingerprint density at radius 3 is 2.42 bits per heavy atom. The second-order valence-corrected chi connectivity index (χ2v) is 15.6. The molecule has 266 valence electrons. The Hall–Kier alpha value is -5.04. The maximum absolute atomic E-state index is 13.6. The average molecular weight is 695 g/mol. The molecule has 8 rings (SSSR count). The van der Waals surface area contributed by atoms with Crippen molar-refractivity contribution in [3.63, 3.8) is 0 Å². The highest BCUT2D eigenvalue weighted by Crippen LogP contribution is 2.42. The van der Waals surface area contributed by atoms with Crippen LogP contribution >= 0.6 is 0 Å². The van der Waals surface area contributed by atoms with E-state index in [1.807, 2.05) is 24.3 Å². The molecule has 3 heterocycles. The maximum Gasteiger partial charge on any atom is 0.259 e. The second-order valence-electron chi connectivity index (χ2n) is 15.6. The molecule has 1 saturated carbocycles. The fourth-order valence-electron chi connectivity index (χ4n) is 8.92. The zero-order chi connectivity index (χ0) is 36.1. The molecule has 52 heavy (non-hydrogen) atoms. The number of nitrogens with one attached hydrogen (secondary N) is 1. The first-order valence-corrected chi connectivity index (χ1v) is 18.7. The van der Waals surface area contributed by atoms with Crippen molar-refractivity contribution in [3.8, 4) is 6.07 Å². The van der Waals surface area contributed by atoms with Crippen molar-refractivity contribution in [2.75, 3.05) is 36.0 Å². The van der Waals surface area contributed by atoms with Gasteiger partial charge in [0.1, 0.15) is 6.04 Å². The van der Waals surface area contributed by atoms with Crippen molar-refractivity contribution in [2.45, 2.75) is 82.8 Å². The highest BCUT2D eigenvalue weighted by atomic mass is 16.2. The largest absolute Gasteiger partial charge is 0.369 e. The molecule has 4 aromatic rings. The van der Waals surface area contributed by atoms with Gasteiger partial charge in [0.25, 0.3) is 5.91 Å². The summed E-state index contributed by atoms with van der Waals surface area (Å²) in [6.07, 6.45) is 5.33. The van der Waals surface area contributed by atoms with Gasteiger partial charge in [-0.15, -0.1) is 0 Å². The second kappa shape index (κ2) is 13.5. The molecule has 9 nitrogen and oxygen atoms in total. The SMILES string of the molecule is Cc1cc(CN2CCN(c3ccc(C#N)c(C4CCC(C)(N)CC4)c3)CC2)ccc1Cc1ccc2c3c(cccc13)C(=O)N2[C@H]1CCC(=O)NC1=O. The molecule has 0 spiro atoms. The number of hydrogen-bond donors (Lipinski definition) is 2. The number of hydrogen-bond acceptors (Lipinski definition) is 7. The molecule has 3 amide bonds. The van der Waals surface area contributed by atoms with Gasteiger partial charge in [0.15, 0.2) is 0 Å². The lowest BCUT2D eigenvalue weighted by molar-refractivity contribution is -0.134. The molecule has 4 aromatic carbocycles. The van der Waals surface area contributed by atoms with Gasteiger partial charge in [-0.3, -0.25) is 29.5 Å². The Kier molecular flexibility index (Phi) is 8.84. The third kappa shape index (κ3) is 6.35. The van der Waals surface area contributed by atoms with Crippen LogP contribution in [0.4, 0.5) is 11.4 Å². The Labute approximate surface area is 305 Å². The molecular formula is C43H46N6O3. The zero-order valence-electron chi connectivity index (χ0n) is 30.1. The molecule has 1 aliphatic carbocycles. The van der Waals surface area contributed by atoms with Crippen molar-refractivity contribution in [1.82, 2.24) is 10.2 Å². The monoisotopic (exact) mass is 694 g/mol. The van der Waals surface area contributed by atoms with Crippen LogP contribution in [-0.2, 0) is 22.6 Å². The first kappa shape index (κ1) is 34.1. The van der Waals surface area contributed by atoms with Crippen LogP contribution in [0.1, 0.15) is 95.1 Å². The fraction of sp³-hybridized carbons (Fsp3) is 0.395. The van der Waals surface area contributed by atoms with Crippen LogP contribution in [0.25, 0.3) is 10.8 Å². The Morgan fingerprint density at radius 1 is 0.923 bits per heavy atom. The van der Waals surface area contributed by atoms with Crippen LogP contribution in [0, 0.1) is 18.3 Å². The third-order valence-electron chi connectivity index (χ3n) is 12.0. The topological polar surface area (TPSA) is 123 Å². The Balaban J connectivity index is 0.927. The number of nitrogens with two attached hydrogens (primary N) is 1. The number of carbonyl (C=O) groups excluding carboxylic acids is 3. The number of anilines is 2. The van der Waals surface area contributed by atoms with Crippen molar-refractivity contribution in [3.05, 3.63) is 106 Å². The standard InChI is InChI=1S/C43H46N6O3/c1-27-22-28(26-47-18-20-48(21-19-47)33-10-8-32(25-44)36(24-33)29-14-16-43(2,45)17-15-29)6-7-30(27)23-31-9-11-37-40-34(31)4-3-5-35(40)42(52)49(37)38-12-13-39(50)46-41(38)51/h3-11,22,24,29,38H,12-21,23,26,45H2,1-2H3,(H,46,50,51)/t29?,38-,43?/m0/s1. The van der Waals surface area contributed by atoms with Gasteiger partial charge in [-0.05, 0) is 122 Å². The molecule has 2 saturated heterocycles. The van der Waals surface area contributed by atoms with Gasteiger partial charge in [-0.25, -0.2) is 0 Å². The van der Waals surface area contributed by atoms with E-state index in [4.69, 9.17) is 5.73 Å². The molecule has 0 aromatic heterocycles. The summed E-state index contributed by atoms with van der Waals surface area (Å²) in [4.78, 5) is 44.7. The van der Waals surface area contributed by atoms with Gasteiger partial charge in [0.05, 0.1) is 17.3 Å². The molecule has 0 unspecified atom stereocenters. The van der Waals surface area contributed by atoms with Gasteiger partial charge in [0.2, 0.25) is 11.8 Å². The summed E-state index contributed by atoms with van der Waals surface area (Å²) in [6.45, 7) is 9.05. The highest BCUT2D eigenvalue weighted by molar-refractivity contribution is 6.27. The van der Waals surface area contributed by atoms with Crippen molar-refractivity contribution in [2.24, 2.45) is 5.73 Å². The maximum atomic E-state index is 13.6. The molecule has 1 atom stereocenters. The first-order valence-electron chi connectivity index (χ1n) is 18.7. The van der Waals surface area contributed by atoms with E-state index < -0.39 is 11.9 Å². The molecule has 3 N–H and O–H groups in total. The first-order chi connectivity index (χ1) is 25.1. The highest BCUT2D eigenvalue weighted by Gasteiger charge is 2.41. The average Bonchev–Trinajstić information content (AvgIpc) is 3.42. The number of piperazine rings is 1. The number of nitrogens with zero attached hydrogens (tertiary/aromatic N) is 4. The minimum atomic E-state index is -0.691. The lowest BCUT2D eigenvalue weighted by Gasteiger charge is -2.37. The van der Waals surface area contributed by atoms with Crippen molar-refractivity contribution < 1.29 is 14.4 Å². The van der Waals surface area contributed by atoms with E-state index in [1.165, 1.54) is 27.9 Å². The van der Waals surface area contributed by atoms with E-state index in [9.17, 15) is 19.6 Å². The molecule has 9 heteroatoms. The summed E-state index contributed by atoms with van der Waals surface area (Å²) < 4.78 is 0. The van der Waals surface area contributed by atoms with Crippen LogP contribution in [0.15, 0.2) is 66.7 Å². The van der Waals surface area contributed by atoms with Crippen LogP contribution in [0.2, 0.25) is 0 Å². The summed E-state index contributed by atoms with van der Waals surface area (Å²) in [7, 11) is 0. The number of carbonyl (C=O) groups is 3. The van der Waals surface area contributed by atoms with E-state index in [-0.39, 0.29) is 23.8 Å². The van der Waals surface area contributed by atoms with Crippen LogP contribution in [0.5, 0.6) is 0 Å². The van der Waals surface area contributed by atoms with E-state index in [1.54, 1.807) is 4.90 Å². The number of piperidine rings is 1. The Bertz CT molecular complexity index is 2130. The fourth-order valence-corrected chi connectivity index (χ4v) is 8.92. The van der Waals surface area contributed by atoms with Crippen molar-refractivity contribution >= 4 is 39.9 Å². The summed E-state index contributed by atoms with van der Waals surface area (Å²) in [5.74, 6) is -0.494. The summed E-state index contributed by atoms with van der Waals surface area (Å²) in [5.41, 5.74) is 15.8. The molecule has 0 bridgehead atoms. The number of imide groups is 1. The molecule has 3 fully saturated rings. The molecule has 0 radical (unpaired) electrons. The molecular weight excluding hydrogens is 649 g/mol. The minimum absolute atomic E-state index is 0.0958. The summed E-state index contributed by atoms with van der Waals surface area (Å²) in [6, 6.07) is 24.8. The van der Waals surface area contributed by atoms with Gasteiger partial charge < -0.3 is 10.6 Å². The quantitative estimate of drug-likeness (QED) is 0.225. The number of rotatable bonds is 7. The van der Waals surface area contributed by atoms with Crippen molar-refractivity contribution in [1.29, 1.82) is 5.26 Å². The van der Waals surface area contributed by atoms with E-state index in [0.717, 1.165) is 92.4 Å². The van der Waals surface area contributed by atoms with Gasteiger partial charge >= 0.3 is 0 Å². The lowest BCUT2D eigenvalue weighted by Crippen LogP contribution is -2.53. The molecule has 3 aliphatic heterocycles. The number of amides is 3. The summed E-state index contributed by atoms with van der Waals surface area (Å²) >= 11 is 0. The van der Waals surface area contributed by atoms with Gasteiger partial charge in [-0.1, -0.05) is 36.4 Å². The Morgan fingerprint density at radius 2 is 1.69 bits per heavy atom. The van der Waals surface area contributed by atoms with Gasteiger partial charge in [0, 0.05) is 61.3 Å². The normalized spacial score (nSPS) is 23.6. The van der Waals surface area contributed by atoms with E-state index in [2.05, 4.69) is 77.5 Å². The third-order valence-corrected chi connectivity index (χ3v) is 12.0. The number of aryl methyl sites for hydroxylation is 1. The number of benzene rings is 4. The predicted octanol–water partition coefficient (Wildman–Crippen LogP) is 6.07. The predicted molar refractivity (Wildman–Crippen MR) is 203 cm³/mol. The van der Waals surface area contributed by atoms with Crippen LogP contribution in [0.3, 0.4) is 0 Å². The summed E-state index contributed by atoms with van der Waals surface area (Å²) in [5, 5.41) is 14.2. The van der Waals surface area contributed by atoms with E-state index in [0.29, 0.717) is 17.9 Å². The van der Waals surface area contributed by atoms with Gasteiger partial charge in [-0.2, -0.15) is 5.26 Å². The van der Waals surface area contributed by atoms with E-state index >= 15 is 0 Å². The number of nitriles is 1. The zero-order valence-corrected chi connectivity index (χ0v) is 30.1. The smallest absolute Gasteiger partial charge is 0.259 e. The minimum Gasteiger partial charge on any atom is -0.369 e.